The number of nitrogens with zero attached hydrogens (tertiary/aromatic N) is 2. The molecule has 0 aromatic heterocycles. The lowest BCUT2D eigenvalue weighted by molar-refractivity contribution is 0.163. The van der Waals surface area contributed by atoms with Crippen molar-refractivity contribution in [1.82, 2.24) is 15.1 Å². The summed E-state index contributed by atoms with van der Waals surface area (Å²) in [6.45, 7) is 6.20. The third-order valence-corrected chi connectivity index (χ3v) is 4.77. The standard InChI is InChI=1S/C20H33N3O2/c1-17(24)10-13-22(2)20(25)21-15-18-8-7-9-19(14-18)16-23-11-5-3-4-6-12-23/h7-9,14,17,24H,3-6,10-13,15-16H2,1-2H3,(H,21,25). The summed E-state index contributed by atoms with van der Waals surface area (Å²) in [5, 5.41) is 12.3. The molecule has 1 unspecified atom stereocenters. The van der Waals surface area contributed by atoms with Gasteiger partial charge in [0.2, 0.25) is 0 Å². The lowest BCUT2D eigenvalue weighted by Gasteiger charge is -2.20. The molecule has 1 aromatic carbocycles. The topological polar surface area (TPSA) is 55.8 Å². The van der Waals surface area contributed by atoms with Crippen molar-refractivity contribution >= 4 is 6.03 Å². The number of hydrogen-bond donors (Lipinski definition) is 2. The Bertz CT molecular complexity index is 525. The normalized spacial score (nSPS) is 16.9. The molecule has 0 radical (unpaired) electrons. The number of rotatable bonds is 7. The minimum absolute atomic E-state index is 0.0985. The number of carbonyl (C=O) groups is 1. The molecule has 1 aromatic rings. The lowest BCUT2D eigenvalue weighted by atomic mass is 10.1. The molecule has 1 aliphatic rings. The van der Waals surface area contributed by atoms with Crippen LogP contribution in [0.3, 0.4) is 0 Å². The fourth-order valence-electron chi connectivity index (χ4n) is 3.19. The predicted octanol–water partition coefficient (Wildman–Crippen LogP) is 2.97. The molecule has 1 heterocycles. The zero-order valence-corrected chi connectivity index (χ0v) is 15.7. The third kappa shape index (κ3) is 7.45. The first-order valence-corrected chi connectivity index (χ1v) is 9.52. The quantitative estimate of drug-likeness (QED) is 0.797. The van der Waals surface area contributed by atoms with E-state index in [-0.39, 0.29) is 12.1 Å². The molecule has 0 spiro atoms. The van der Waals surface area contributed by atoms with E-state index in [1.54, 1.807) is 18.9 Å². The number of urea groups is 1. The maximum Gasteiger partial charge on any atom is 0.317 e. The molecule has 5 heteroatoms. The van der Waals surface area contributed by atoms with Gasteiger partial charge in [0.15, 0.2) is 0 Å². The van der Waals surface area contributed by atoms with Gasteiger partial charge in [-0.25, -0.2) is 4.79 Å². The Morgan fingerprint density at radius 3 is 2.60 bits per heavy atom. The number of likely N-dealkylation sites (tertiary alicyclic amines) is 1. The van der Waals surface area contributed by atoms with Crippen molar-refractivity contribution in [2.45, 2.75) is 58.2 Å². The second-order valence-corrected chi connectivity index (χ2v) is 7.23. The Morgan fingerprint density at radius 1 is 1.24 bits per heavy atom. The van der Waals surface area contributed by atoms with Gasteiger partial charge in [-0.1, -0.05) is 37.1 Å². The van der Waals surface area contributed by atoms with Gasteiger partial charge in [-0.2, -0.15) is 0 Å². The average Bonchev–Trinajstić information content (AvgIpc) is 2.86. The largest absolute Gasteiger partial charge is 0.393 e. The van der Waals surface area contributed by atoms with E-state index in [4.69, 9.17) is 0 Å². The van der Waals surface area contributed by atoms with Crippen molar-refractivity contribution in [2.75, 3.05) is 26.7 Å². The number of benzene rings is 1. The van der Waals surface area contributed by atoms with Crippen LogP contribution in [0.5, 0.6) is 0 Å². The molecule has 2 amide bonds. The number of nitrogens with one attached hydrogen (secondary N) is 1. The van der Waals surface area contributed by atoms with Crippen molar-refractivity contribution in [3.63, 3.8) is 0 Å². The van der Waals surface area contributed by atoms with Crippen LogP contribution in [0.25, 0.3) is 0 Å². The number of amides is 2. The smallest absolute Gasteiger partial charge is 0.317 e. The highest BCUT2D eigenvalue weighted by atomic mass is 16.3. The zero-order valence-electron chi connectivity index (χ0n) is 15.7. The van der Waals surface area contributed by atoms with Crippen LogP contribution in [0.2, 0.25) is 0 Å². The molecule has 2 rings (SSSR count). The molecule has 5 nitrogen and oxygen atoms in total. The van der Waals surface area contributed by atoms with E-state index >= 15 is 0 Å². The van der Waals surface area contributed by atoms with E-state index in [1.807, 2.05) is 0 Å². The van der Waals surface area contributed by atoms with Gasteiger partial charge in [-0.3, -0.25) is 4.90 Å². The number of hydrogen-bond acceptors (Lipinski definition) is 3. The summed E-state index contributed by atoms with van der Waals surface area (Å²) in [7, 11) is 1.76. The Balaban J connectivity index is 1.81. The minimum atomic E-state index is -0.383. The van der Waals surface area contributed by atoms with Crippen LogP contribution in [0, 0.1) is 0 Å². The summed E-state index contributed by atoms with van der Waals surface area (Å²) >= 11 is 0. The molecule has 1 saturated heterocycles. The maximum atomic E-state index is 12.1. The highest BCUT2D eigenvalue weighted by Gasteiger charge is 2.11. The lowest BCUT2D eigenvalue weighted by Crippen LogP contribution is -2.38. The molecule has 0 saturated carbocycles. The molecular weight excluding hydrogens is 314 g/mol. The summed E-state index contributed by atoms with van der Waals surface area (Å²) in [5.74, 6) is 0. The average molecular weight is 348 g/mol. The Labute approximate surface area is 152 Å². The van der Waals surface area contributed by atoms with Gasteiger partial charge in [0, 0.05) is 26.7 Å². The van der Waals surface area contributed by atoms with Gasteiger partial charge in [0.05, 0.1) is 6.10 Å². The fraction of sp³-hybridized carbons (Fsp3) is 0.650. The second-order valence-electron chi connectivity index (χ2n) is 7.23. The van der Waals surface area contributed by atoms with Crippen LogP contribution in [-0.4, -0.2) is 53.7 Å². The van der Waals surface area contributed by atoms with Crippen LogP contribution >= 0.6 is 0 Å². The highest BCUT2D eigenvalue weighted by Crippen LogP contribution is 2.14. The van der Waals surface area contributed by atoms with Crippen LogP contribution in [0.1, 0.15) is 50.2 Å². The van der Waals surface area contributed by atoms with Crippen molar-refractivity contribution in [3.05, 3.63) is 35.4 Å². The molecule has 0 aliphatic carbocycles. The van der Waals surface area contributed by atoms with Crippen LogP contribution in [0.4, 0.5) is 4.79 Å². The number of aliphatic hydroxyl groups excluding tert-OH is 1. The van der Waals surface area contributed by atoms with E-state index in [0.717, 1.165) is 12.1 Å². The maximum absolute atomic E-state index is 12.1. The summed E-state index contributed by atoms with van der Waals surface area (Å²) in [4.78, 5) is 16.2. The van der Waals surface area contributed by atoms with Gasteiger partial charge >= 0.3 is 6.03 Å². The molecule has 1 atom stereocenters. The molecule has 2 N–H and O–H groups in total. The van der Waals surface area contributed by atoms with Gasteiger partial charge in [-0.05, 0) is 50.4 Å². The van der Waals surface area contributed by atoms with Gasteiger partial charge < -0.3 is 15.3 Å². The molecular formula is C20H33N3O2. The fourth-order valence-corrected chi connectivity index (χ4v) is 3.19. The Hall–Kier alpha value is -1.59. The zero-order chi connectivity index (χ0) is 18.1. The molecule has 25 heavy (non-hydrogen) atoms. The minimum Gasteiger partial charge on any atom is -0.393 e. The predicted molar refractivity (Wildman–Crippen MR) is 101 cm³/mol. The first-order chi connectivity index (χ1) is 12.0. The number of aliphatic hydroxyl groups is 1. The first kappa shape index (κ1) is 19.7. The van der Waals surface area contributed by atoms with Gasteiger partial charge in [0.1, 0.15) is 0 Å². The highest BCUT2D eigenvalue weighted by molar-refractivity contribution is 5.73. The van der Waals surface area contributed by atoms with E-state index in [9.17, 15) is 9.90 Å². The summed E-state index contributed by atoms with van der Waals surface area (Å²) in [6.07, 6.45) is 5.51. The summed E-state index contributed by atoms with van der Waals surface area (Å²) in [5.41, 5.74) is 2.45. The van der Waals surface area contributed by atoms with Crippen molar-refractivity contribution < 1.29 is 9.90 Å². The Morgan fingerprint density at radius 2 is 1.92 bits per heavy atom. The summed E-state index contributed by atoms with van der Waals surface area (Å²) in [6, 6.07) is 8.40. The van der Waals surface area contributed by atoms with E-state index < -0.39 is 0 Å². The van der Waals surface area contributed by atoms with Crippen molar-refractivity contribution in [2.24, 2.45) is 0 Å². The SMILES string of the molecule is CC(O)CCN(C)C(=O)NCc1cccc(CN2CCCCCC2)c1. The van der Waals surface area contributed by atoms with Gasteiger partial charge in [-0.15, -0.1) is 0 Å². The Kier molecular flexibility index (Phi) is 8.22. The molecule has 1 aliphatic heterocycles. The third-order valence-electron chi connectivity index (χ3n) is 4.77. The second kappa shape index (κ2) is 10.4. The molecule has 1 fully saturated rings. The van der Waals surface area contributed by atoms with E-state index in [0.29, 0.717) is 19.5 Å². The molecule has 140 valence electrons. The van der Waals surface area contributed by atoms with E-state index in [2.05, 4.69) is 34.5 Å². The first-order valence-electron chi connectivity index (χ1n) is 9.52. The monoisotopic (exact) mass is 347 g/mol. The van der Waals surface area contributed by atoms with Crippen molar-refractivity contribution in [3.8, 4) is 0 Å². The number of carbonyl (C=O) groups excluding carboxylic acids is 1. The summed E-state index contributed by atoms with van der Waals surface area (Å²) < 4.78 is 0. The van der Waals surface area contributed by atoms with E-state index in [1.165, 1.54) is 44.3 Å². The van der Waals surface area contributed by atoms with Crippen LogP contribution < -0.4 is 5.32 Å². The van der Waals surface area contributed by atoms with Gasteiger partial charge in [0.25, 0.3) is 0 Å². The van der Waals surface area contributed by atoms with Crippen LogP contribution in [0.15, 0.2) is 24.3 Å². The van der Waals surface area contributed by atoms with Crippen molar-refractivity contribution in [1.29, 1.82) is 0 Å². The van der Waals surface area contributed by atoms with Crippen LogP contribution in [-0.2, 0) is 13.1 Å². The molecule has 0 bridgehead atoms.